The lowest BCUT2D eigenvalue weighted by molar-refractivity contribution is -0.150. The second-order valence-electron chi connectivity index (χ2n) is 4.58. The van der Waals surface area contributed by atoms with Crippen LogP contribution in [0.1, 0.15) is 12.5 Å². The lowest BCUT2D eigenvalue weighted by Gasteiger charge is -2.16. The van der Waals surface area contributed by atoms with Gasteiger partial charge < -0.3 is 19.1 Å². The monoisotopic (exact) mass is 277 g/mol. The summed E-state index contributed by atoms with van der Waals surface area (Å²) in [5.74, 6) is 1.05. The van der Waals surface area contributed by atoms with E-state index in [1.54, 1.807) is 12.0 Å². The summed E-state index contributed by atoms with van der Waals surface area (Å²) in [4.78, 5) is 14.2. The maximum absolute atomic E-state index is 12.4. The zero-order valence-electron chi connectivity index (χ0n) is 12.2. The second kappa shape index (κ2) is 5.96. The lowest BCUT2D eigenvalue weighted by Crippen LogP contribution is -2.22. The van der Waals surface area contributed by atoms with Crippen molar-refractivity contribution in [3.8, 4) is 5.75 Å². The van der Waals surface area contributed by atoms with E-state index >= 15 is 0 Å². The number of methoxy groups -OCH3 is 1. The number of Topliss-reactive ketones (excluding diaryl/α,β-unsaturated/α-hetero) is 1. The van der Waals surface area contributed by atoms with Crippen LogP contribution in [0.15, 0.2) is 30.1 Å². The van der Waals surface area contributed by atoms with Crippen molar-refractivity contribution in [1.29, 1.82) is 0 Å². The van der Waals surface area contributed by atoms with Gasteiger partial charge in [0.15, 0.2) is 0 Å². The maximum Gasteiger partial charge on any atom is 0.266 e. The molecule has 1 aliphatic heterocycles. The fourth-order valence-electron chi connectivity index (χ4n) is 2.07. The summed E-state index contributed by atoms with van der Waals surface area (Å²) in [7, 11) is 5.25. The lowest BCUT2D eigenvalue weighted by atomic mass is 10.0. The highest BCUT2D eigenvalue weighted by Gasteiger charge is 2.37. The molecule has 20 heavy (non-hydrogen) atoms. The standard InChI is InChI=1S/C15H19NO4/c1-5-19-15-13(17)12(14(20-15)16(2)3)10-7-6-8-11(9-10)18-4/h6-9,15H,5H2,1-4H3. The van der Waals surface area contributed by atoms with Crippen LogP contribution in [0.3, 0.4) is 0 Å². The third-order valence-electron chi connectivity index (χ3n) is 2.98. The van der Waals surface area contributed by atoms with E-state index in [0.717, 1.165) is 5.56 Å². The van der Waals surface area contributed by atoms with E-state index in [0.29, 0.717) is 23.8 Å². The summed E-state index contributed by atoms with van der Waals surface area (Å²) >= 11 is 0. The topological polar surface area (TPSA) is 48.0 Å². The number of carbonyl (C=O) groups is 1. The van der Waals surface area contributed by atoms with Crippen molar-refractivity contribution >= 4 is 11.4 Å². The van der Waals surface area contributed by atoms with Gasteiger partial charge in [0.2, 0.25) is 11.7 Å². The minimum atomic E-state index is -0.862. The van der Waals surface area contributed by atoms with Gasteiger partial charge in [-0.1, -0.05) is 12.1 Å². The van der Waals surface area contributed by atoms with Crippen LogP contribution in [0.25, 0.3) is 5.57 Å². The molecule has 5 nitrogen and oxygen atoms in total. The van der Waals surface area contributed by atoms with Crippen LogP contribution in [-0.2, 0) is 14.3 Å². The Morgan fingerprint density at radius 3 is 2.70 bits per heavy atom. The van der Waals surface area contributed by atoms with Crippen LogP contribution in [0, 0.1) is 0 Å². The van der Waals surface area contributed by atoms with Gasteiger partial charge in [0, 0.05) is 20.7 Å². The average molecular weight is 277 g/mol. The van der Waals surface area contributed by atoms with Gasteiger partial charge in [-0.25, -0.2) is 0 Å². The summed E-state index contributed by atoms with van der Waals surface area (Å²) in [5.41, 5.74) is 1.28. The van der Waals surface area contributed by atoms with Crippen LogP contribution < -0.4 is 4.74 Å². The summed E-state index contributed by atoms with van der Waals surface area (Å²) in [6.45, 7) is 2.25. The van der Waals surface area contributed by atoms with Crippen molar-refractivity contribution in [3.05, 3.63) is 35.7 Å². The van der Waals surface area contributed by atoms with Crippen molar-refractivity contribution in [3.63, 3.8) is 0 Å². The molecule has 0 spiro atoms. The fraction of sp³-hybridized carbons (Fsp3) is 0.400. The molecule has 0 fully saturated rings. The predicted molar refractivity (Wildman–Crippen MR) is 75.1 cm³/mol. The Bertz CT molecular complexity index is 536. The summed E-state index contributed by atoms with van der Waals surface area (Å²) in [6, 6.07) is 7.35. The minimum Gasteiger partial charge on any atom is -0.497 e. The zero-order valence-corrected chi connectivity index (χ0v) is 12.2. The average Bonchev–Trinajstić information content (AvgIpc) is 2.77. The van der Waals surface area contributed by atoms with Gasteiger partial charge in [-0.3, -0.25) is 4.79 Å². The van der Waals surface area contributed by atoms with Crippen molar-refractivity contribution in [1.82, 2.24) is 4.90 Å². The number of carbonyl (C=O) groups excluding carboxylic acids is 1. The number of hydrogen-bond donors (Lipinski definition) is 0. The molecule has 0 radical (unpaired) electrons. The van der Waals surface area contributed by atoms with Crippen LogP contribution in [0.5, 0.6) is 5.75 Å². The highest BCUT2D eigenvalue weighted by molar-refractivity contribution is 6.24. The smallest absolute Gasteiger partial charge is 0.266 e. The van der Waals surface area contributed by atoms with Gasteiger partial charge in [0.25, 0.3) is 6.29 Å². The Hall–Kier alpha value is -2.01. The summed E-state index contributed by atoms with van der Waals surface area (Å²) in [5, 5.41) is 0. The SMILES string of the molecule is CCOC1OC(N(C)C)=C(c2cccc(OC)c2)C1=O. The number of benzene rings is 1. The van der Waals surface area contributed by atoms with Crippen LogP contribution in [0.4, 0.5) is 0 Å². The van der Waals surface area contributed by atoms with E-state index in [1.165, 1.54) is 0 Å². The van der Waals surface area contributed by atoms with Crippen molar-refractivity contribution in [2.75, 3.05) is 27.8 Å². The molecule has 1 unspecified atom stereocenters. The van der Waals surface area contributed by atoms with Gasteiger partial charge in [-0.2, -0.15) is 0 Å². The third kappa shape index (κ3) is 2.63. The second-order valence-corrected chi connectivity index (χ2v) is 4.58. The molecule has 1 aliphatic rings. The van der Waals surface area contributed by atoms with E-state index < -0.39 is 6.29 Å². The normalized spacial score (nSPS) is 18.2. The largest absolute Gasteiger partial charge is 0.497 e. The third-order valence-corrected chi connectivity index (χ3v) is 2.98. The molecule has 5 heteroatoms. The number of ether oxygens (including phenoxy) is 3. The van der Waals surface area contributed by atoms with Crippen LogP contribution in [-0.4, -0.2) is 44.8 Å². The zero-order chi connectivity index (χ0) is 14.7. The number of nitrogens with zero attached hydrogens (tertiary/aromatic N) is 1. The molecule has 0 aliphatic carbocycles. The molecular weight excluding hydrogens is 258 g/mol. The number of ketones is 1. The molecule has 0 amide bonds. The van der Waals surface area contributed by atoms with Gasteiger partial charge in [0.1, 0.15) is 5.75 Å². The molecule has 1 atom stereocenters. The van der Waals surface area contributed by atoms with Gasteiger partial charge in [-0.05, 0) is 24.6 Å². The Morgan fingerprint density at radius 1 is 1.35 bits per heavy atom. The van der Waals surface area contributed by atoms with Crippen LogP contribution >= 0.6 is 0 Å². The molecule has 0 saturated carbocycles. The van der Waals surface area contributed by atoms with Gasteiger partial charge >= 0.3 is 0 Å². The summed E-state index contributed by atoms with van der Waals surface area (Å²) < 4.78 is 16.1. The molecule has 1 aromatic rings. The molecule has 1 heterocycles. The minimum absolute atomic E-state index is 0.163. The predicted octanol–water partition coefficient (Wildman–Crippen LogP) is 1.89. The quantitative estimate of drug-likeness (QED) is 0.822. The van der Waals surface area contributed by atoms with E-state index in [4.69, 9.17) is 14.2 Å². The summed E-state index contributed by atoms with van der Waals surface area (Å²) in [6.07, 6.45) is -0.862. The van der Waals surface area contributed by atoms with E-state index in [-0.39, 0.29) is 5.78 Å². The Morgan fingerprint density at radius 2 is 2.10 bits per heavy atom. The molecule has 2 rings (SSSR count). The van der Waals surface area contributed by atoms with Crippen molar-refractivity contribution in [2.45, 2.75) is 13.2 Å². The molecule has 0 saturated heterocycles. The van der Waals surface area contributed by atoms with Crippen molar-refractivity contribution in [2.24, 2.45) is 0 Å². The van der Waals surface area contributed by atoms with E-state index in [1.807, 2.05) is 45.3 Å². The number of rotatable bonds is 5. The van der Waals surface area contributed by atoms with Crippen LogP contribution in [0.2, 0.25) is 0 Å². The Balaban J connectivity index is 2.43. The first kappa shape index (κ1) is 14.4. The first-order valence-electron chi connectivity index (χ1n) is 6.47. The highest BCUT2D eigenvalue weighted by Crippen LogP contribution is 2.33. The van der Waals surface area contributed by atoms with Gasteiger partial charge in [-0.15, -0.1) is 0 Å². The molecular formula is C15H19NO4. The molecule has 0 aromatic heterocycles. The number of hydrogen-bond acceptors (Lipinski definition) is 5. The van der Waals surface area contributed by atoms with Crippen molar-refractivity contribution < 1.29 is 19.0 Å². The first-order valence-corrected chi connectivity index (χ1v) is 6.47. The van der Waals surface area contributed by atoms with Gasteiger partial charge in [0.05, 0.1) is 12.7 Å². The molecule has 0 bridgehead atoms. The van der Waals surface area contributed by atoms with E-state index in [9.17, 15) is 4.79 Å². The fourth-order valence-corrected chi connectivity index (χ4v) is 2.07. The Labute approximate surface area is 118 Å². The molecule has 1 aromatic carbocycles. The molecule has 0 N–H and O–H groups in total. The first-order chi connectivity index (χ1) is 9.58. The Kier molecular flexibility index (Phi) is 4.29. The van der Waals surface area contributed by atoms with E-state index in [2.05, 4.69) is 0 Å². The maximum atomic E-state index is 12.4. The molecule has 108 valence electrons. The highest BCUT2D eigenvalue weighted by atomic mass is 16.7.